The topological polar surface area (TPSA) is 70.8 Å². The van der Waals surface area contributed by atoms with E-state index in [-0.39, 0.29) is 12.3 Å². The van der Waals surface area contributed by atoms with Crippen molar-refractivity contribution >= 4 is 5.69 Å². The largest absolute Gasteiger partial charge is 0.497 e. The summed E-state index contributed by atoms with van der Waals surface area (Å²) in [5, 5.41) is 10.6. The lowest BCUT2D eigenvalue weighted by Gasteiger charge is -2.11. The molecule has 0 radical (unpaired) electrons. The Kier molecular flexibility index (Phi) is 4.61. The lowest BCUT2D eigenvalue weighted by Crippen LogP contribution is -1.99. The van der Waals surface area contributed by atoms with Crippen LogP contribution < -0.4 is 14.2 Å². The molecule has 2 rings (SSSR count). The summed E-state index contributed by atoms with van der Waals surface area (Å²) in [4.78, 5) is 10.1. The molecule has 0 bridgehead atoms. The molecule has 0 heterocycles. The third-order valence-corrected chi connectivity index (χ3v) is 2.93. The Balaban J connectivity index is 2.10. The molecule has 0 saturated carbocycles. The van der Waals surface area contributed by atoms with Crippen LogP contribution in [0.25, 0.3) is 0 Å². The molecule has 0 aliphatic rings. The van der Waals surface area contributed by atoms with Crippen molar-refractivity contribution in [3.63, 3.8) is 0 Å². The smallest absolute Gasteiger partial charge is 0.269 e. The van der Waals surface area contributed by atoms with E-state index in [2.05, 4.69) is 0 Å². The van der Waals surface area contributed by atoms with Crippen LogP contribution in [0.5, 0.6) is 17.2 Å². The monoisotopic (exact) mass is 289 g/mol. The highest BCUT2D eigenvalue weighted by Crippen LogP contribution is 2.26. The molecule has 0 aliphatic heterocycles. The summed E-state index contributed by atoms with van der Waals surface area (Å²) in [6, 6.07) is 11.3. The number of hydrogen-bond donors (Lipinski definition) is 0. The Morgan fingerprint density at radius 1 is 1.00 bits per heavy atom. The Morgan fingerprint density at radius 3 is 2.24 bits per heavy atom. The van der Waals surface area contributed by atoms with Gasteiger partial charge in [-0.3, -0.25) is 10.1 Å². The number of ether oxygens (including phenoxy) is 3. The normalized spacial score (nSPS) is 10.0. The maximum absolute atomic E-state index is 10.6. The molecule has 21 heavy (non-hydrogen) atoms. The lowest BCUT2D eigenvalue weighted by atomic mass is 10.2. The summed E-state index contributed by atoms with van der Waals surface area (Å²) < 4.78 is 16.0. The molecule has 0 atom stereocenters. The zero-order chi connectivity index (χ0) is 15.2. The molecule has 2 aromatic carbocycles. The van der Waals surface area contributed by atoms with E-state index >= 15 is 0 Å². The van der Waals surface area contributed by atoms with Gasteiger partial charge >= 0.3 is 0 Å². The molecule has 0 amide bonds. The molecule has 0 N–H and O–H groups in total. The number of rotatable bonds is 6. The Labute approximate surface area is 122 Å². The maximum Gasteiger partial charge on any atom is 0.269 e. The second-order valence-corrected chi connectivity index (χ2v) is 4.22. The first kappa shape index (κ1) is 14.6. The number of benzene rings is 2. The van der Waals surface area contributed by atoms with E-state index in [1.807, 2.05) is 6.07 Å². The quantitative estimate of drug-likeness (QED) is 0.603. The maximum atomic E-state index is 10.6. The first-order chi connectivity index (χ1) is 10.1. The molecule has 2 aromatic rings. The van der Waals surface area contributed by atoms with E-state index in [1.165, 1.54) is 12.1 Å². The van der Waals surface area contributed by atoms with Crippen molar-refractivity contribution in [1.29, 1.82) is 0 Å². The van der Waals surface area contributed by atoms with Crippen molar-refractivity contribution < 1.29 is 19.1 Å². The molecule has 0 saturated heterocycles. The van der Waals surface area contributed by atoms with Gasteiger partial charge in [0.15, 0.2) is 0 Å². The summed E-state index contributed by atoms with van der Waals surface area (Å²) in [5.41, 5.74) is 0.858. The van der Waals surface area contributed by atoms with Crippen LogP contribution in [-0.4, -0.2) is 19.1 Å². The summed E-state index contributed by atoms with van der Waals surface area (Å²) in [7, 11) is 3.17. The third-order valence-electron chi connectivity index (χ3n) is 2.93. The molecule has 110 valence electrons. The first-order valence-electron chi connectivity index (χ1n) is 6.22. The molecular formula is C15H15NO5. The van der Waals surface area contributed by atoms with Gasteiger partial charge in [-0.25, -0.2) is 0 Å². The van der Waals surface area contributed by atoms with Crippen LogP contribution in [-0.2, 0) is 6.61 Å². The van der Waals surface area contributed by atoms with Crippen molar-refractivity contribution in [3.05, 3.63) is 58.1 Å². The van der Waals surface area contributed by atoms with Gasteiger partial charge in [-0.1, -0.05) is 0 Å². The van der Waals surface area contributed by atoms with Crippen molar-refractivity contribution in [2.75, 3.05) is 14.2 Å². The highest BCUT2D eigenvalue weighted by molar-refractivity contribution is 5.41. The Bertz CT molecular complexity index is 624. The number of nitrogens with zero attached hydrogens (tertiary/aromatic N) is 1. The SMILES string of the molecule is COc1ccc(OC)c(COc2ccc([N+](=O)[O-])cc2)c1. The third kappa shape index (κ3) is 3.62. The minimum Gasteiger partial charge on any atom is -0.497 e. The van der Waals surface area contributed by atoms with Crippen LogP contribution in [0.4, 0.5) is 5.69 Å². The van der Waals surface area contributed by atoms with Crippen LogP contribution in [0.15, 0.2) is 42.5 Å². The van der Waals surface area contributed by atoms with Gasteiger partial charge in [0, 0.05) is 17.7 Å². The fraction of sp³-hybridized carbons (Fsp3) is 0.200. The molecule has 6 heteroatoms. The molecule has 0 aromatic heterocycles. The summed E-state index contributed by atoms with van der Waals surface area (Å²) in [6.07, 6.45) is 0. The summed E-state index contributed by atoms with van der Waals surface area (Å²) >= 11 is 0. The molecular weight excluding hydrogens is 274 g/mol. The number of nitro groups is 1. The van der Waals surface area contributed by atoms with Crippen molar-refractivity contribution in [2.24, 2.45) is 0 Å². The van der Waals surface area contributed by atoms with Gasteiger partial charge in [0.1, 0.15) is 23.9 Å². The molecule has 0 fully saturated rings. The van der Waals surface area contributed by atoms with Crippen LogP contribution >= 0.6 is 0 Å². The minimum atomic E-state index is -0.450. The van der Waals surface area contributed by atoms with Crippen LogP contribution in [0.2, 0.25) is 0 Å². The number of nitro benzene ring substituents is 1. The van der Waals surface area contributed by atoms with Gasteiger partial charge in [-0.05, 0) is 30.3 Å². The minimum absolute atomic E-state index is 0.0290. The van der Waals surface area contributed by atoms with Crippen LogP contribution in [0, 0.1) is 10.1 Å². The standard InChI is InChI=1S/C15H15NO5/c1-19-14-7-8-15(20-2)11(9-14)10-21-13-5-3-12(4-6-13)16(17)18/h3-9H,10H2,1-2H3. The lowest BCUT2D eigenvalue weighted by molar-refractivity contribution is -0.384. The van der Waals surface area contributed by atoms with Gasteiger partial charge in [0.05, 0.1) is 19.1 Å². The average molecular weight is 289 g/mol. The average Bonchev–Trinajstić information content (AvgIpc) is 2.52. The van der Waals surface area contributed by atoms with Crippen LogP contribution in [0.3, 0.4) is 0 Å². The zero-order valence-electron chi connectivity index (χ0n) is 11.7. The van der Waals surface area contributed by atoms with E-state index < -0.39 is 4.92 Å². The van der Waals surface area contributed by atoms with E-state index in [1.54, 1.807) is 38.5 Å². The zero-order valence-corrected chi connectivity index (χ0v) is 11.7. The van der Waals surface area contributed by atoms with E-state index in [0.717, 1.165) is 5.56 Å². The van der Waals surface area contributed by atoms with Crippen molar-refractivity contribution in [3.8, 4) is 17.2 Å². The molecule has 0 aliphatic carbocycles. The van der Waals surface area contributed by atoms with Crippen LogP contribution in [0.1, 0.15) is 5.56 Å². The van der Waals surface area contributed by atoms with Gasteiger partial charge in [0.2, 0.25) is 0 Å². The number of hydrogen-bond acceptors (Lipinski definition) is 5. The Morgan fingerprint density at radius 2 is 1.67 bits per heavy atom. The predicted octanol–water partition coefficient (Wildman–Crippen LogP) is 3.19. The Hall–Kier alpha value is -2.76. The van der Waals surface area contributed by atoms with Gasteiger partial charge in [-0.2, -0.15) is 0 Å². The second kappa shape index (κ2) is 6.60. The molecule has 6 nitrogen and oxygen atoms in total. The number of non-ortho nitro benzene ring substituents is 1. The molecule has 0 unspecified atom stereocenters. The van der Waals surface area contributed by atoms with Crippen molar-refractivity contribution in [2.45, 2.75) is 6.61 Å². The van der Waals surface area contributed by atoms with E-state index in [0.29, 0.717) is 17.2 Å². The van der Waals surface area contributed by atoms with Gasteiger partial charge in [0.25, 0.3) is 5.69 Å². The summed E-state index contributed by atoms with van der Waals surface area (Å²) in [6.45, 7) is 0.276. The first-order valence-corrected chi connectivity index (χ1v) is 6.22. The fourth-order valence-corrected chi connectivity index (χ4v) is 1.82. The highest BCUT2D eigenvalue weighted by atomic mass is 16.6. The molecule has 0 spiro atoms. The summed E-state index contributed by atoms with van der Waals surface area (Å²) in [5.74, 6) is 1.95. The predicted molar refractivity (Wildman–Crippen MR) is 77.0 cm³/mol. The fourth-order valence-electron chi connectivity index (χ4n) is 1.82. The number of methoxy groups -OCH3 is 2. The highest BCUT2D eigenvalue weighted by Gasteiger charge is 2.08. The van der Waals surface area contributed by atoms with Gasteiger partial charge in [-0.15, -0.1) is 0 Å². The van der Waals surface area contributed by atoms with E-state index in [9.17, 15) is 10.1 Å². The van der Waals surface area contributed by atoms with E-state index in [4.69, 9.17) is 14.2 Å². The van der Waals surface area contributed by atoms with Crippen molar-refractivity contribution in [1.82, 2.24) is 0 Å². The second-order valence-electron chi connectivity index (χ2n) is 4.22. The van der Waals surface area contributed by atoms with Gasteiger partial charge < -0.3 is 14.2 Å².